The number of carboxylic acids is 1. The summed E-state index contributed by atoms with van der Waals surface area (Å²) in [5.41, 5.74) is 0.550. The minimum Gasteiger partial charge on any atom is -0.480 e. The predicted molar refractivity (Wildman–Crippen MR) is 78.6 cm³/mol. The first-order chi connectivity index (χ1) is 10.7. The molecule has 1 aliphatic rings. The van der Waals surface area contributed by atoms with Crippen molar-refractivity contribution in [2.45, 2.75) is 37.3 Å². The van der Waals surface area contributed by atoms with Crippen LogP contribution in [0.1, 0.15) is 19.4 Å². The fraction of sp³-hybridized carbons (Fsp3) is 0.429. The smallest absolute Gasteiger partial charge is 0.347 e. The van der Waals surface area contributed by atoms with Crippen LogP contribution in [0, 0.1) is 0 Å². The van der Waals surface area contributed by atoms with Crippen molar-refractivity contribution < 1.29 is 32.6 Å². The average Bonchev–Trinajstić information content (AvgIpc) is 2.90. The van der Waals surface area contributed by atoms with Crippen molar-refractivity contribution in [3.63, 3.8) is 0 Å². The summed E-state index contributed by atoms with van der Waals surface area (Å²) in [5.74, 6) is -1.38. The lowest BCUT2D eigenvalue weighted by Crippen LogP contribution is -2.38. The van der Waals surface area contributed by atoms with Gasteiger partial charge in [0.05, 0.1) is 11.5 Å². The van der Waals surface area contributed by atoms with Crippen LogP contribution in [0.15, 0.2) is 23.1 Å². The minimum atomic E-state index is -3.98. The van der Waals surface area contributed by atoms with E-state index in [1.807, 2.05) is 0 Å². The zero-order valence-corrected chi connectivity index (χ0v) is 13.4. The summed E-state index contributed by atoms with van der Waals surface area (Å²) < 4.78 is 36.7. The third-order valence-corrected chi connectivity index (χ3v) is 4.81. The molecular weight excluding hydrogens is 326 g/mol. The number of rotatable bonds is 6. The molecule has 9 heteroatoms. The Morgan fingerprint density at radius 3 is 2.78 bits per heavy atom. The van der Waals surface area contributed by atoms with Crippen LogP contribution < -0.4 is 9.46 Å². The second kappa shape index (κ2) is 6.55. The Morgan fingerprint density at radius 1 is 1.48 bits per heavy atom. The van der Waals surface area contributed by atoms with Gasteiger partial charge in [-0.05, 0) is 37.6 Å². The summed E-state index contributed by atoms with van der Waals surface area (Å²) in [7, 11) is -3.98. The zero-order chi connectivity index (χ0) is 17.2. The molecule has 126 valence electrons. The van der Waals surface area contributed by atoms with Crippen LogP contribution in [0.2, 0.25) is 0 Å². The molecule has 1 aliphatic heterocycles. The number of ether oxygens (including phenoxy) is 2. The highest BCUT2D eigenvalue weighted by Gasteiger charge is 2.32. The third kappa shape index (κ3) is 3.80. The molecule has 2 rings (SSSR count). The predicted octanol–water partition coefficient (Wildman–Crippen LogP) is 0.305. The number of benzene rings is 1. The van der Waals surface area contributed by atoms with E-state index in [1.165, 1.54) is 25.1 Å². The molecule has 8 nitrogen and oxygen atoms in total. The standard InChI is InChI=1S/C14H17NO7S/c1-3-21-14(18)12-7-9-6-10(4-5-11(9)22-12)23(19,20)15-8(2)13(16)17/h4-6,8,12,15H,3,7H2,1-2H3,(H,16,17)/t8-,12?/m1/s1. The maximum Gasteiger partial charge on any atom is 0.347 e. The van der Waals surface area contributed by atoms with Crippen molar-refractivity contribution in [1.82, 2.24) is 4.72 Å². The van der Waals surface area contributed by atoms with Gasteiger partial charge in [-0.1, -0.05) is 0 Å². The second-order valence-electron chi connectivity index (χ2n) is 5.01. The topological polar surface area (TPSA) is 119 Å². The normalized spacial score (nSPS) is 17.9. The number of hydrogen-bond donors (Lipinski definition) is 2. The van der Waals surface area contributed by atoms with Crippen molar-refractivity contribution in [2.24, 2.45) is 0 Å². The summed E-state index contributed by atoms with van der Waals surface area (Å²) >= 11 is 0. The van der Waals surface area contributed by atoms with Crippen LogP contribution in [-0.4, -0.2) is 44.2 Å². The highest BCUT2D eigenvalue weighted by atomic mass is 32.2. The number of nitrogens with one attached hydrogen (secondary N) is 1. The van der Waals surface area contributed by atoms with Crippen LogP contribution in [0.3, 0.4) is 0 Å². The number of carbonyl (C=O) groups is 2. The monoisotopic (exact) mass is 343 g/mol. The van der Waals surface area contributed by atoms with Gasteiger partial charge in [-0.2, -0.15) is 4.72 Å². The Hall–Kier alpha value is -2.13. The number of carbonyl (C=O) groups excluding carboxylic acids is 1. The Kier molecular flexibility index (Phi) is 4.90. The van der Waals surface area contributed by atoms with Gasteiger partial charge >= 0.3 is 11.9 Å². The number of esters is 1. The van der Waals surface area contributed by atoms with Crippen LogP contribution in [0.4, 0.5) is 0 Å². The molecule has 0 spiro atoms. The first-order valence-corrected chi connectivity index (χ1v) is 8.44. The van der Waals surface area contributed by atoms with Gasteiger partial charge < -0.3 is 14.6 Å². The lowest BCUT2D eigenvalue weighted by Gasteiger charge is -2.11. The molecule has 1 unspecified atom stereocenters. The molecule has 23 heavy (non-hydrogen) atoms. The van der Waals surface area contributed by atoms with E-state index in [1.54, 1.807) is 6.92 Å². The maximum atomic E-state index is 12.2. The van der Waals surface area contributed by atoms with Gasteiger partial charge in [0.15, 0.2) is 6.10 Å². The van der Waals surface area contributed by atoms with Crippen molar-refractivity contribution in [3.05, 3.63) is 23.8 Å². The van der Waals surface area contributed by atoms with E-state index in [0.29, 0.717) is 11.3 Å². The van der Waals surface area contributed by atoms with Crippen LogP contribution in [-0.2, 0) is 30.8 Å². The van der Waals surface area contributed by atoms with E-state index < -0.39 is 34.1 Å². The van der Waals surface area contributed by atoms with Crippen LogP contribution in [0.5, 0.6) is 5.75 Å². The number of hydrogen-bond acceptors (Lipinski definition) is 6. The highest BCUT2D eigenvalue weighted by Crippen LogP contribution is 2.31. The lowest BCUT2D eigenvalue weighted by atomic mass is 10.1. The SMILES string of the molecule is CCOC(=O)C1Cc2cc(S(=O)(=O)N[C@H](C)C(=O)O)ccc2O1. The molecule has 1 aromatic rings. The van der Waals surface area contributed by atoms with Gasteiger partial charge in [0.1, 0.15) is 11.8 Å². The molecule has 2 atom stereocenters. The second-order valence-corrected chi connectivity index (χ2v) is 6.73. The van der Waals surface area contributed by atoms with Gasteiger partial charge in [-0.3, -0.25) is 4.79 Å². The highest BCUT2D eigenvalue weighted by molar-refractivity contribution is 7.89. The molecule has 0 radical (unpaired) electrons. The molecule has 1 aromatic carbocycles. The summed E-state index contributed by atoms with van der Waals surface area (Å²) in [6.07, 6.45) is -0.597. The van der Waals surface area contributed by atoms with E-state index in [-0.39, 0.29) is 17.9 Å². The van der Waals surface area contributed by atoms with E-state index in [4.69, 9.17) is 14.6 Å². The molecule has 0 saturated heterocycles. The van der Waals surface area contributed by atoms with Crippen molar-refractivity contribution >= 4 is 22.0 Å². The average molecular weight is 343 g/mol. The molecule has 0 saturated carbocycles. The minimum absolute atomic E-state index is 0.0857. The maximum absolute atomic E-state index is 12.2. The molecule has 1 heterocycles. The van der Waals surface area contributed by atoms with Gasteiger partial charge in [-0.25, -0.2) is 13.2 Å². The van der Waals surface area contributed by atoms with Gasteiger partial charge in [0, 0.05) is 6.42 Å². The summed E-state index contributed by atoms with van der Waals surface area (Å²) in [5, 5.41) is 8.80. The Bertz CT molecular complexity index is 729. The molecular formula is C14H17NO7S. The van der Waals surface area contributed by atoms with Gasteiger partial charge in [0.25, 0.3) is 0 Å². The third-order valence-electron chi connectivity index (χ3n) is 3.27. The molecule has 0 amide bonds. The number of carboxylic acid groups (broad SMARTS) is 1. The molecule has 0 fully saturated rings. The van der Waals surface area contributed by atoms with E-state index in [2.05, 4.69) is 4.72 Å². The van der Waals surface area contributed by atoms with Crippen molar-refractivity contribution in [2.75, 3.05) is 6.61 Å². The van der Waals surface area contributed by atoms with E-state index in [9.17, 15) is 18.0 Å². The Labute approximate surface area is 133 Å². The first-order valence-electron chi connectivity index (χ1n) is 6.96. The number of fused-ring (bicyclic) bond motifs is 1. The van der Waals surface area contributed by atoms with Gasteiger partial charge in [0.2, 0.25) is 10.0 Å². The quantitative estimate of drug-likeness (QED) is 0.713. The molecule has 0 aromatic heterocycles. The van der Waals surface area contributed by atoms with E-state index >= 15 is 0 Å². The summed E-state index contributed by atoms with van der Waals surface area (Å²) in [6.45, 7) is 3.14. The molecule has 0 aliphatic carbocycles. The van der Waals surface area contributed by atoms with Crippen molar-refractivity contribution in [1.29, 1.82) is 0 Å². The largest absolute Gasteiger partial charge is 0.480 e. The lowest BCUT2D eigenvalue weighted by molar-refractivity contribution is -0.150. The first kappa shape index (κ1) is 17.2. The Morgan fingerprint density at radius 2 is 2.17 bits per heavy atom. The number of sulfonamides is 1. The zero-order valence-electron chi connectivity index (χ0n) is 12.6. The van der Waals surface area contributed by atoms with Crippen LogP contribution >= 0.6 is 0 Å². The fourth-order valence-electron chi connectivity index (χ4n) is 2.11. The van der Waals surface area contributed by atoms with E-state index in [0.717, 1.165) is 0 Å². The molecule has 2 N–H and O–H groups in total. The Balaban J connectivity index is 2.19. The van der Waals surface area contributed by atoms with Gasteiger partial charge in [-0.15, -0.1) is 0 Å². The fourth-order valence-corrected chi connectivity index (χ4v) is 3.36. The summed E-state index contributed by atoms with van der Waals surface area (Å²) in [4.78, 5) is 22.4. The van der Waals surface area contributed by atoms with Crippen molar-refractivity contribution in [3.8, 4) is 5.75 Å². The summed E-state index contributed by atoms with van der Waals surface area (Å²) in [6, 6.07) is 2.85. The van der Waals surface area contributed by atoms with Crippen LogP contribution in [0.25, 0.3) is 0 Å². The molecule has 0 bridgehead atoms. The number of aliphatic carboxylic acids is 1.